The number of methoxy groups -OCH3 is 1. The lowest BCUT2D eigenvalue weighted by Crippen LogP contribution is -2.36. The highest BCUT2D eigenvalue weighted by atomic mass is 32.2. The summed E-state index contributed by atoms with van der Waals surface area (Å²) in [7, 11) is 3.74. The summed E-state index contributed by atoms with van der Waals surface area (Å²) < 4.78 is 11.2. The molecule has 1 saturated heterocycles. The van der Waals surface area contributed by atoms with Gasteiger partial charge in [0.05, 0.1) is 12.6 Å². The van der Waals surface area contributed by atoms with Gasteiger partial charge in [-0.25, -0.2) is 0 Å². The molecule has 1 fully saturated rings. The topological polar surface area (TPSA) is 30.5 Å². The Morgan fingerprint density at radius 2 is 2.15 bits per heavy atom. The van der Waals surface area contributed by atoms with E-state index >= 15 is 0 Å². The molecule has 0 saturated carbocycles. The van der Waals surface area contributed by atoms with Crippen LogP contribution in [0.15, 0.2) is 24.3 Å². The normalized spacial score (nSPS) is 23.8. The Bertz CT molecular complexity index is 419. The largest absolute Gasteiger partial charge is 0.491 e. The second-order valence-electron chi connectivity index (χ2n) is 5.37. The van der Waals surface area contributed by atoms with E-state index in [1.807, 2.05) is 13.1 Å². The van der Waals surface area contributed by atoms with E-state index in [0.717, 1.165) is 5.75 Å². The number of benzene rings is 1. The summed E-state index contributed by atoms with van der Waals surface area (Å²) in [6, 6.07) is 8.66. The Hall–Kier alpha value is -0.710. The molecule has 1 aromatic rings. The Morgan fingerprint density at radius 3 is 2.80 bits per heavy atom. The van der Waals surface area contributed by atoms with E-state index in [-0.39, 0.29) is 4.75 Å². The fourth-order valence-corrected chi connectivity index (χ4v) is 4.36. The maximum absolute atomic E-state index is 5.89. The minimum Gasteiger partial charge on any atom is -0.491 e. The second kappa shape index (κ2) is 7.34. The van der Waals surface area contributed by atoms with E-state index in [1.165, 1.54) is 24.2 Å². The summed E-state index contributed by atoms with van der Waals surface area (Å²) in [4.78, 5) is 0. The fraction of sp³-hybridized carbons (Fsp3) is 0.625. The number of para-hydroxylation sites is 1. The SMILES string of the molecule is CNC(c1ccccc1OCCOC)C1(C)CCCS1. The summed E-state index contributed by atoms with van der Waals surface area (Å²) in [5.41, 5.74) is 1.25. The molecule has 0 aromatic heterocycles. The predicted octanol–water partition coefficient (Wildman–Crippen LogP) is 3.26. The smallest absolute Gasteiger partial charge is 0.124 e. The maximum atomic E-state index is 5.89. The third-order valence-corrected chi connectivity index (χ3v) is 5.52. The van der Waals surface area contributed by atoms with Gasteiger partial charge in [0.2, 0.25) is 0 Å². The Kier molecular flexibility index (Phi) is 5.75. The molecular weight excluding hydrogens is 270 g/mol. The van der Waals surface area contributed by atoms with Gasteiger partial charge < -0.3 is 14.8 Å². The van der Waals surface area contributed by atoms with Crippen LogP contribution in [0.2, 0.25) is 0 Å². The van der Waals surface area contributed by atoms with Crippen molar-refractivity contribution in [3.63, 3.8) is 0 Å². The standard InChI is InChI=1S/C16H25NO2S/c1-16(9-6-12-20-16)15(17-2)13-7-4-5-8-14(13)19-11-10-18-3/h4-5,7-8,15,17H,6,9-12H2,1-3H3. The molecule has 20 heavy (non-hydrogen) atoms. The average Bonchev–Trinajstić information content (AvgIpc) is 2.89. The van der Waals surface area contributed by atoms with Crippen molar-refractivity contribution < 1.29 is 9.47 Å². The van der Waals surface area contributed by atoms with Gasteiger partial charge in [-0.1, -0.05) is 18.2 Å². The lowest BCUT2D eigenvalue weighted by atomic mass is 9.90. The number of rotatable bonds is 7. The van der Waals surface area contributed by atoms with Crippen LogP contribution in [-0.4, -0.2) is 37.9 Å². The molecule has 0 radical (unpaired) electrons. The van der Waals surface area contributed by atoms with E-state index in [4.69, 9.17) is 9.47 Å². The van der Waals surface area contributed by atoms with Crippen molar-refractivity contribution in [2.45, 2.75) is 30.6 Å². The lowest BCUT2D eigenvalue weighted by Gasteiger charge is -2.34. The quantitative estimate of drug-likeness (QED) is 0.782. The molecule has 2 atom stereocenters. The van der Waals surface area contributed by atoms with E-state index in [9.17, 15) is 0 Å². The molecule has 0 aliphatic carbocycles. The Labute approximate surface area is 126 Å². The molecule has 1 aliphatic rings. The van der Waals surface area contributed by atoms with Crippen LogP contribution in [0.5, 0.6) is 5.75 Å². The maximum Gasteiger partial charge on any atom is 0.124 e. The molecule has 2 unspecified atom stereocenters. The molecule has 0 spiro atoms. The Morgan fingerprint density at radius 1 is 1.35 bits per heavy atom. The van der Waals surface area contributed by atoms with Crippen molar-refractivity contribution in [2.24, 2.45) is 0 Å². The third kappa shape index (κ3) is 3.48. The van der Waals surface area contributed by atoms with Gasteiger partial charge in [0.25, 0.3) is 0 Å². The van der Waals surface area contributed by atoms with Gasteiger partial charge in [-0.05, 0) is 38.6 Å². The van der Waals surface area contributed by atoms with Crippen LogP contribution in [0, 0.1) is 0 Å². The van der Waals surface area contributed by atoms with Gasteiger partial charge in [-0.2, -0.15) is 11.8 Å². The van der Waals surface area contributed by atoms with Gasteiger partial charge in [-0.15, -0.1) is 0 Å². The van der Waals surface area contributed by atoms with Gasteiger partial charge in [0.1, 0.15) is 12.4 Å². The highest BCUT2D eigenvalue weighted by molar-refractivity contribution is 8.00. The second-order valence-corrected chi connectivity index (χ2v) is 7.00. The highest BCUT2D eigenvalue weighted by Crippen LogP contribution is 2.48. The van der Waals surface area contributed by atoms with E-state index < -0.39 is 0 Å². The van der Waals surface area contributed by atoms with Gasteiger partial charge in [0, 0.05) is 17.4 Å². The van der Waals surface area contributed by atoms with E-state index in [2.05, 4.69) is 42.2 Å². The van der Waals surface area contributed by atoms with Crippen LogP contribution < -0.4 is 10.1 Å². The highest BCUT2D eigenvalue weighted by Gasteiger charge is 2.39. The van der Waals surface area contributed by atoms with Crippen LogP contribution >= 0.6 is 11.8 Å². The van der Waals surface area contributed by atoms with Crippen LogP contribution in [0.3, 0.4) is 0 Å². The molecule has 0 amide bonds. The van der Waals surface area contributed by atoms with Crippen molar-refractivity contribution in [3.8, 4) is 5.75 Å². The molecule has 4 heteroatoms. The van der Waals surface area contributed by atoms with Crippen LogP contribution in [0.4, 0.5) is 0 Å². The summed E-state index contributed by atoms with van der Waals surface area (Å²) >= 11 is 2.07. The fourth-order valence-electron chi connectivity index (χ4n) is 2.90. The average molecular weight is 295 g/mol. The first kappa shape index (κ1) is 15.7. The molecule has 0 bridgehead atoms. The van der Waals surface area contributed by atoms with Crippen molar-refractivity contribution >= 4 is 11.8 Å². The van der Waals surface area contributed by atoms with Crippen molar-refractivity contribution in [1.29, 1.82) is 0 Å². The molecule has 3 nitrogen and oxygen atoms in total. The minimum absolute atomic E-state index is 0.246. The number of nitrogens with one attached hydrogen (secondary N) is 1. The summed E-state index contributed by atoms with van der Waals surface area (Å²) in [6.07, 6.45) is 2.54. The van der Waals surface area contributed by atoms with Crippen LogP contribution in [0.25, 0.3) is 0 Å². The van der Waals surface area contributed by atoms with Gasteiger partial charge in [-0.3, -0.25) is 0 Å². The lowest BCUT2D eigenvalue weighted by molar-refractivity contribution is 0.145. The number of thioether (sulfide) groups is 1. The summed E-state index contributed by atoms with van der Waals surface area (Å²) in [5.74, 6) is 2.22. The van der Waals surface area contributed by atoms with E-state index in [1.54, 1.807) is 7.11 Å². The first-order valence-corrected chi connectivity index (χ1v) is 8.22. The molecule has 1 heterocycles. The monoisotopic (exact) mass is 295 g/mol. The van der Waals surface area contributed by atoms with Crippen molar-refractivity contribution in [3.05, 3.63) is 29.8 Å². The minimum atomic E-state index is 0.246. The van der Waals surface area contributed by atoms with Crippen LogP contribution in [0.1, 0.15) is 31.4 Å². The molecule has 112 valence electrons. The molecule has 2 rings (SSSR count). The Balaban J connectivity index is 2.20. The molecule has 1 aromatic carbocycles. The zero-order chi connectivity index (χ0) is 14.4. The number of ether oxygens (including phenoxy) is 2. The zero-order valence-corrected chi connectivity index (χ0v) is 13.5. The molecule has 1 N–H and O–H groups in total. The van der Waals surface area contributed by atoms with Crippen molar-refractivity contribution in [1.82, 2.24) is 5.32 Å². The van der Waals surface area contributed by atoms with Gasteiger partial charge in [0.15, 0.2) is 0 Å². The summed E-state index contributed by atoms with van der Waals surface area (Å²) in [6.45, 7) is 3.57. The third-order valence-electron chi connectivity index (χ3n) is 3.92. The van der Waals surface area contributed by atoms with Crippen molar-refractivity contribution in [2.75, 3.05) is 33.1 Å². The zero-order valence-electron chi connectivity index (χ0n) is 12.6. The van der Waals surface area contributed by atoms with E-state index in [0.29, 0.717) is 19.3 Å². The first-order valence-electron chi connectivity index (χ1n) is 7.23. The number of hydrogen-bond donors (Lipinski definition) is 1. The predicted molar refractivity (Wildman–Crippen MR) is 85.7 cm³/mol. The van der Waals surface area contributed by atoms with Gasteiger partial charge >= 0.3 is 0 Å². The first-order chi connectivity index (χ1) is 9.71. The van der Waals surface area contributed by atoms with Crippen LogP contribution in [-0.2, 0) is 4.74 Å². The summed E-state index contributed by atoms with van der Waals surface area (Å²) in [5, 5.41) is 3.50. The molecule has 1 aliphatic heterocycles. The number of hydrogen-bond acceptors (Lipinski definition) is 4. The molecular formula is C16H25NO2S.